The van der Waals surface area contributed by atoms with Gasteiger partial charge in [-0.15, -0.1) is 0 Å². The zero-order chi connectivity index (χ0) is 18.6. The summed E-state index contributed by atoms with van der Waals surface area (Å²) in [6, 6.07) is 1.68. The number of aryl methyl sites for hydroxylation is 2. The largest absolute Gasteiger partial charge is 0.373 e. The summed E-state index contributed by atoms with van der Waals surface area (Å²) in [7, 11) is -3.68. The lowest BCUT2D eigenvalue weighted by Crippen LogP contribution is -2.41. The third-order valence-corrected chi connectivity index (χ3v) is 8.06. The zero-order valence-electron chi connectivity index (χ0n) is 15.4. The maximum Gasteiger partial charge on any atom is 0.332 e. The summed E-state index contributed by atoms with van der Waals surface area (Å²) in [6.07, 6.45) is 9.83. The highest BCUT2D eigenvalue weighted by Crippen LogP contribution is 2.38. The van der Waals surface area contributed by atoms with Crippen LogP contribution < -0.4 is 10.0 Å². The molecule has 0 aromatic heterocycles. The first-order chi connectivity index (χ1) is 13.0. The van der Waals surface area contributed by atoms with Crippen LogP contribution in [0, 0.1) is 0 Å². The first kappa shape index (κ1) is 17.1. The van der Waals surface area contributed by atoms with Gasteiger partial charge < -0.3 is 10.2 Å². The van der Waals surface area contributed by atoms with E-state index < -0.39 is 21.3 Å². The van der Waals surface area contributed by atoms with Crippen molar-refractivity contribution in [1.82, 2.24) is 9.62 Å². The number of rotatable bonds is 4. The fourth-order valence-corrected chi connectivity index (χ4v) is 6.13. The van der Waals surface area contributed by atoms with Gasteiger partial charge in [-0.2, -0.15) is 0 Å². The molecule has 1 saturated heterocycles. The predicted octanol–water partition coefficient (Wildman–Crippen LogP) is 2.48. The molecular weight excluding hydrogens is 362 g/mol. The van der Waals surface area contributed by atoms with Crippen LogP contribution in [0.5, 0.6) is 0 Å². The van der Waals surface area contributed by atoms with Crippen molar-refractivity contribution >= 4 is 21.7 Å². The molecule has 0 saturated carbocycles. The number of carbonyl (C=O) groups excluding carboxylic acids is 1. The Hall–Kier alpha value is -2.02. The minimum atomic E-state index is -3.68. The number of nitrogens with zero attached hydrogens (tertiary/aromatic N) is 1. The molecule has 1 fully saturated rings. The molecule has 0 bridgehead atoms. The predicted molar refractivity (Wildman–Crippen MR) is 104 cm³/mol. The summed E-state index contributed by atoms with van der Waals surface area (Å²) in [4.78, 5) is 14.7. The average Bonchev–Trinajstić information content (AvgIpc) is 3.05. The Labute approximate surface area is 160 Å². The van der Waals surface area contributed by atoms with Crippen LogP contribution in [0.1, 0.15) is 47.9 Å². The zero-order valence-corrected chi connectivity index (χ0v) is 16.2. The number of anilines is 1. The Morgan fingerprint density at radius 1 is 1.07 bits per heavy atom. The van der Waals surface area contributed by atoms with E-state index in [9.17, 15) is 13.2 Å². The number of urea groups is 1. The van der Waals surface area contributed by atoms with Crippen molar-refractivity contribution in [2.45, 2.75) is 56.6 Å². The Balaban J connectivity index is 1.32. The molecule has 1 aromatic rings. The molecule has 144 valence electrons. The molecule has 2 amide bonds. The Kier molecular flexibility index (Phi) is 3.96. The van der Waals surface area contributed by atoms with E-state index in [1.807, 2.05) is 0 Å². The molecule has 27 heavy (non-hydrogen) atoms. The molecule has 4 aliphatic rings. The maximum atomic E-state index is 12.7. The number of likely N-dealkylation sites (tertiary alicyclic amines) is 1. The van der Waals surface area contributed by atoms with Crippen molar-refractivity contribution in [2.75, 3.05) is 18.4 Å². The van der Waals surface area contributed by atoms with Gasteiger partial charge in [-0.05, 0) is 67.2 Å². The number of sulfonamides is 1. The Morgan fingerprint density at radius 2 is 1.74 bits per heavy atom. The van der Waals surface area contributed by atoms with Gasteiger partial charge in [-0.1, -0.05) is 12.1 Å². The first-order valence-corrected chi connectivity index (χ1v) is 11.5. The van der Waals surface area contributed by atoms with Gasteiger partial charge in [-0.25, -0.2) is 17.9 Å². The summed E-state index contributed by atoms with van der Waals surface area (Å²) in [5, 5.41) is 2.38. The number of nitrogens with one attached hydrogen (secondary N) is 2. The van der Waals surface area contributed by atoms with E-state index in [0.29, 0.717) is 13.0 Å². The van der Waals surface area contributed by atoms with E-state index in [-0.39, 0.29) is 0 Å². The molecule has 1 heterocycles. The van der Waals surface area contributed by atoms with Gasteiger partial charge in [0, 0.05) is 30.9 Å². The van der Waals surface area contributed by atoms with Gasteiger partial charge in [0.25, 0.3) is 0 Å². The number of amides is 2. The Bertz CT molecular complexity index is 919. The topological polar surface area (TPSA) is 78.5 Å². The van der Waals surface area contributed by atoms with E-state index in [1.54, 1.807) is 0 Å². The second-order valence-corrected chi connectivity index (χ2v) is 10.1. The number of allylic oxidation sites excluding steroid dienone is 2. The second-order valence-electron chi connectivity index (χ2n) is 8.09. The molecule has 1 aromatic carbocycles. The van der Waals surface area contributed by atoms with Crippen molar-refractivity contribution in [3.63, 3.8) is 0 Å². The summed E-state index contributed by atoms with van der Waals surface area (Å²) in [6.45, 7) is 1.23. The van der Waals surface area contributed by atoms with Crippen molar-refractivity contribution < 1.29 is 13.2 Å². The van der Waals surface area contributed by atoms with E-state index >= 15 is 0 Å². The van der Waals surface area contributed by atoms with Gasteiger partial charge in [0.15, 0.2) is 0 Å². The van der Waals surface area contributed by atoms with Crippen LogP contribution in [0.3, 0.4) is 0 Å². The Morgan fingerprint density at radius 3 is 2.37 bits per heavy atom. The smallest absolute Gasteiger partial charge is 0.332 e. The molecule has 7 heteroatoms. The van der Waals surface area contributed by atoms with Crippen molar-refractivity contribution in [3.8, 4) is 0 Å². The molecule has 6 nitrogen and oxygen atoms in total. The van der Waals surface area contributed by atoms with Crippen molar-refractivity contribution in [1.29, 1.82) is 0 Å². The van der Waals surface area contributed by atoms with Gasteiger partial charge >= 0.3 is 6.03 Å². The number of benzene rings is 1. The van der Waals surface area contributed by atoms with Crippen LogP contribution in [0.2, 0.25) is 0 Å². The third kappa shape index (κ3) is 3.12. The van der Waals surface area contributed by atoms with Crippen molar-refractivity contribution in [2.24, 2.45) is 0 Å². The maximum absolute atomic E-state index is 12.7. The van der Waals surface area contributed by atoms with Crippen LogP contribution in [-0.4, -0.2) is 37.7 Å². The van der Waals surface area contributed by atoms with E-state index in [0.717, 1.165) is 57.2 Å². The van der Waals surface area contributed by atoms with Gasteiger partial charge in [0.1, 0.15) is 0 Å². The molecule has 1 atom stereocenters. The normalized spacial score (nSPS) is 23.0. The van der Waals surface area contributed by atoms with Gasteiger partial charge in [0.05, 0.1) is 5.25 Å². The highest BCUT2D eigenvalue weighted by atomic mass is 32.2. The van der Waals surface area contributed by atoms with E-state index in [2.05, 4.69) is 27.1 Å². The number of fused-ring (bicyclic) bond motifs is 2. The average molecular weight is 388 g/mol. The standard InChI is InChI=1S/C20H25N3O3S/c24-20(22-27(25,26)16-9-10-23(12-16)15-7-8-15)21-19-17-5-1-3-13(17)11-14-4-2-6-18(14)19/h7,11,16H,1-6,8-10,12H2,(H2,21,22,24). The number of carbonyl (C=O) groups is 1. The minimum Gasteiger partial charge on any atom is -0.373 e. The lowest BCUT2D eigenvalue weighted by Gasteiger charge is -2.18. The van der Waals surface area contributed by atoms with Crippen molar-refractivity contribution in [3.05, 3.63) is 40.1 Å². The SMILES string of the molecule is O=C(Nc1c2c(cc3c1CCC3)CCC2)NS(=O)(=O)C1CCN(C2=CC2)C1. The highest BCUT2D eigenvalue weighted by Gasteiger charge is 2.36. The van der Waals surface area contributed by atoms with Crippen LogP contribution >= 0.6 is 0 Å². The summed E-state index contributed by atoms with van der Waals surface area (Å²) < 4.78 is 27.6. The van der Waals surface area contributed by atoms with Crippen LogP contribution in [0.4, 0.5) is 10.5 Å². The van der Waals surface area contributed by atoms with Crippen LogP contribution in [-0.2, 0) is 35.7 Å². The van der Waals surface area contributed by atoms with E-state index in [1.165, 1.54) is 28.0 Å². The van der Waals surface area contributed by atoms with Crippen LogP contribution in [0.25, 0.3) is 0 Å². The van der Waals surface area contributed by atoms with Gasteiger partial charge in [0.2, 0.25) is 10.0 Å². The molecule has 1 unspecified atom stereocenters. The van der Waals surface area contributed by atoms with Gasteiger partial charge in [-0.3, -0.25) is 0 Å². The number of hydrogen-bond donors (Lipinski definition) is 2. The van der Waals surface area contributed by atoms with Crippen LogP contribution in [0.15, 0.2) is 17.8 Å². The summed E-state index contributed by atoms with van der Waals surface area (Å²) in [5.41, 5.74) is 7.15. The number of hydrogen-bond acceptors (Lipinski definition) is 4. The monoisotopic (exact) mass is 387 g/mol. The molecule has 1 aliphatic heterocycles. The fourth-order valence-electron chi connectivity index (χ4n) is 4.86. The van der Waals surface area contributed by atoms with E-state index in [4.69, 9.17) is 0 Å². The molecule has 5 rings (SSSR count). The lowest BCUT2D eigenvalue weighted by molar-refractivity contribution is 0.256. The summed E-state index contributed by atoms with van der Waals surface area (Å²) >= 11 is 0. The lowest BCUT2D eigenvalue weighted by atomic mass is 9.99. The third-order valence-electron chi connectivity index (χ3n) is 6.32. The summed E-state index contributed by atoms with van der Waals surface area (Å²) in [5.74, 6) is 0. The fraction of sp³-hybridized carbons (Fsp3) is 0.550. The molecule has 0 spiro atoms. The molecule has 0 radical (unpaired) electrons. The molecular formula is C20H25N3O3S. The highest BCUT2D eigenvalue weighted by molar-refractivity contribution is 7.90. The first-order valence-electron chi connectivity index (χ1n) is 9.94. The quantitative estimate of drug-likeness (QED) is 0.832. The molecule has 2 N–H and O–H groups in total. The molecule has 3 aliphatic carbocycles. The second kappa shape index (κ2) is 6.26. The minimum absolute atomic E-state index is 0.477.